The van der Waals surface area contributed by atoms with Gasteiger partial charge in [0.05, 0.1) is 12.8 Å². The van der Waals surface area contributed by atoms with Crippen LogP contribution in [0.2, 0.25) is 0 Å². The number of benzene rings is 1. The van der Waals surface area contributed by atoms with Gasteiger partial charge in [0.2, 0.25) is 0 Å². The van der Waals surface area contributed by atoms with Gasteiger partial charge < -0.3 is 20.4 Å². The smallest absolute Gasteiger partial charge is 0.193 e. The SMILES string of the molecule is COc1ccccc1NC(N)=NCCCc1nnc(SC)n1CC(C)C.I. The molecule has 0 aliphatic carbocycles. The van der Waals surface area contributed by atoms with E-state index < -0.39 is 0 Å². The highest BCUT2D eigenvalue weighted by molar-refractivity contribution is 14.0. The standard InChI is InChI=1S/C18H28N6OS.HI/c1-13(2)12-24-16(22-23-18(24)26-4)10-7-11-20-17(19)21-14-8-5-6-9-15(14)25-3;/h5-6,8-9,13H,7,10-12H2,1-4H3,(H3,19,20,21);1H. The van der Waals surface area contributed by atoms with Crippen LogP contribution in [0.3, 0.4) is 0 Å². The minimum absolute atomic E-state index is 0. The van der Waals surface area contributed by atoms with E-state index in [1.807, 2.05) is 30.5 Å². The molecule has 0 spiro atoms. The van der Waals surface area contributed by atoms with Gasteiger partial charge in [-0.05, 0) is 30.7 Å². The maximum absolute atomic E-state index is 5.98. The van der Waals surface area contributed by atoms with E-state index in [9.17, 15) is 0 Å². The summed E-state index contributed by atoms with van der Waals surface area (Å²) in [5, 5.41) is 12.6. The van der Waals surface area contributed by atoms with E-state index in [1.165, 1.54) is 0 Å². The van der Waals surface area contributed by atoms with Gasteiger partial charge in [-0.2, -0.15) is 0 Å². The Balaban J connectivity index is 0.00000364. The molecule has 1 heterocycles. The van der Waals surface area contributed by atoms with E-state index in [0.717, 1.165) is 41.8 Å². The number of thioether (sulfide) groups is 1. The molecule has 0 aliphatic heterocycles. The number of halogens is 1. The van der Waals surface area contributed by atoms with Crippen LogP contribution >= 0.6 is 35.7 Å². The van der Waals surface area contributed by atoms with Crippen molar-refractivity contribution in [3.63, 3.8) is 0 Å². The van der Waals surface area contributed by atoms with Crippen molar-refractivity contribution in [3.8, 4) is 5.75 Å². The number of methoxy groups -OCH3 is 1. The summed E-state index contributed by atoms with van der Waals surface area (Å²) in [6.07, 6.45) is 3.71. The molecule has 0 saturated carbocycles. The average molecular weight is 504 g/mol. The van der Waals surface area contributed by atoms with Crippen LogP contribution in [-0.2, 0) is 13.0 Å². The van der Waals surface area contributed by atoms with Crippen molar-refractivity contribution in [2.45, 2.75) is 38.4 Å². The van der Waals surface area contributed by atoms with Crippen LogP contribution in [0.4, 0.5) is 5.69 Å². The summed E-state index contributed by atoms with van der Waals surface area (Å²) in [6.45, 7) is 5.95. The molecule has 0 fully saturated rings. The minimum atomic E-state index is 0. The Morgan fingerprint density at radius 2 is 2.07 bits per heavy atom. The Hall–Kier alpha value is -1.49. The molecule has 1 aromatic heterocycles. The molecule has 2 aromatic rings. The zero-order valence-corrected chi connectivity index (χ0v) is 19.5. The zero-order valence-electron chi connectivity index (χ0n) is 16.3. The number of nitrogens with zero attached hydrogens (tertiary/aromatic N) is 4. The summed E-state index contributed by atoms with van der Waals surface area (Å²) in [6, 6.07) is 7.61. The van der Waals surface area contributed by atoms with Crippen molar-refractivity contribution in [1.29, 1.82) is 0 Å². The van der Waals surface area contributed by atoms with Gasteiger partial charge in [-0.1, -0.05) is 37.7 Å². The summed E-state index contributed by atoms with van der Waals surface area (Å²) < 4.78 is 7.50. The lowest BCUT2D eigenvalue weighted by atomic mass is 10.2. The molecule has 9 heteroatoms. The van der Waals surface area contributed by atoms with Gasteiger partial charge in [0.1, 0.15) is 11.6 Å². The van der Waals surface area contributed by atoms with Gasteiger partial charge in [-0.25, -0.2) is 0 Å². The number of hydrogen-bond acceptors (Lipinski definition) is 5. The van der Waals surface area contributed by atoms with Gasteiger partial charge in [-0.15, -0.1) is 34.2 Å². The second-order valence-corrected chi connectivity index (χ2v) is 7.08. The molecule has 27 heavy (non-hydrogen) atoms. The normalized spacial score (nSPS) is 11.4. The number of para-hydroxylation sites is 2. The first-order valence-corrected chi connectivity index (χ1v) is 9.93. The van der Waals surface area contributed by atoms with E-state index in [2.05, 4.69) is 38.9 Å². The van der Waals surface area contributed by atoms with Crippen LogP contribution in [0.1, 0.15) is 26.1 Å². The zero-order chi connectivity index (χ0) is 18.9. The van der Waals surface area contributed by atoms with Crippen molar-refractivity contribution in [1.82, 2.24) is 14.8 Å². The molecular weight excluding hydrogens is 475 g/mol. The number of rotatable bonds is 9. The molecule has 0 saturated heterocycles. The lowest BCUT2D eigenvalue weighted by Gasteiger charge is -2.11. The van der Waals surface area contributed by atoms with Gasteiger partial charge >= 0.3 is 0 Å². The third kappa shape index (κ3) is 7.21. The Kier molecular flexibility index (Phi) is 10.5. The van der Waals surface area contributed by atoms with Crippen LogP contribution in [0.25, 0.3) is 0 Å². The minimum Gasteiger partial charge on any atom is -0.495 e. The summed E-state index contributed by atoms with van der Waals surface area (Å²) in [7, 11) is 1.63. The maximum Gasteiger partial charge on any atom is 0.193 e. The molecule has 0 unspecified atom stereocenters. The van der Waals surface area contributed by atoms with Gasteiger partial charge in [0.25, 0.3) is 0 Å². The second kappa shape index (κ2) is 12.1. The monoisotopic (exact) mass is 504 g/mol. The number of ether oxygens (including phenoxy) is 1. The molecular formula is C18H29IN6OS. The molecule has 0 amide bonds. The van der Waals surface area contributed by atoms with Crippen LogP contribution < -0.4 is 15.8 Å². The molecule has 7 nitrogen and oxygen atoms in total. The highest BCUT2D eigenvalue weighted by atomic mass is 127. The number of nitrogens with one attached hydrogen (secondary N) is 1. The number of aromatic nitrogens is 3. The fraction of sp³-hybridized carbons (Fsp3) is 0.500. The molecule has 0 radical (unpaired) electrons. The van der Waals surface area contributed by atoms with Crippen molar-refractivity contribution in [2.75, 3.05) is 25.2 Å². The number of aliphatic imine (C=N–C) groups is 1. The third-order valence-electron chi connectivity index (χ3n) is 3.73. The average Bonchev–Trinajstić information content (AvgIpc) is 3.00. The van der Waals surface area contributed by atoms with Gasteiger partial charge in [-0.3, -0.25) is 4.99 Å². The van der Waals surface area contributed by atoms with E-state index in [4.69, 9.17) is 10.5 Å². The molecule has 3 N–H and O–H groups in total. The van der Waals surface area contributed by atoms with E-state index >= 15 is 0 Å². The third-order valence-corrected chi connectivity index (χ3v) is 4.40. The van der Waals surface area contributed by atoms with E-state index in [-0.39, 0.29) is 24.0 Å². The lowest BCUT2D eigenvalue weighted by molar-refractivity contribution is 0.417. The fourth-order valence-corrected chi connectivity index (χ4v) is 3.09. The van der Waals surface area contributed by atoms with Crippen molar-refractivity contribution < 1.29 is 4.74 Å². The molecule has 0 bridgehead atoms. The van der Waals surface area contributed by atoms with Gasteiger partial charge in [0, 0.05) is 19.5 Å². The second-order valence-electron chi connectivity index (χ2n) is 6.30. The highest BCUT2D eigenvalue weighted by Crippen LogP contribution is 2.22. The molecule has 0 aliphatic rings. The number of guanidine groups is 1. The first-order chi connectivity index (χ1) is 12.5. The number of aryl methyl sites for hydroxylation is 1. The topological polar surface area (TPSA) is 90.3 Å². The molecule has 1 aromatic carbocycles. The van der Waals surface area contributed by atoms with Crippen molar-refractivity contribution >= 4 is 47.4 Å². The summed E-state index contributed by atoms with van der Waals surface area (Å²) in [5.74, 6) is 2.67. The largest absolute Gasteiger partial charge is 0.495 e. The highest BCUT2D eigenvalue weighted by Gasteiger charge is 2.12. The Labute approximate surface area is 182 Å². The Morgan fingerprint density at radius 3 is 2.74 bits per heavy atom. The lowest BCUT2D eigenvalue weighted by Crippen LogP contribution is -2.23. The van der Waals surface area contributed by atoms with Crippen LogP contribution in [-0.4, -0.2) is 40.6 Å². The first-order valence-electron chi connectivity index (χ1n) is 8.71. The van der Waals surface area contributed by atoms with Crippen LogP contribution in [0.15, 0.2) is 34.4 Å². The quantitative estimate of drug-likeness (QED) is 0.178. The Morgan fingerprint density at radius 1 is 1.33 bits per heavy atom. The van der Waals surface area contributed by atoms with E-state index in [1.54, 1.807) is 18.9 Å². The predicted octanol–water partition coefficient (Wildman–Crippen LogP) is 3.64. The maximum atomic E-state index is 5.98. The summed E-state index contributed by atoms with van der Waals surface area (Å²) in [5.41, 5.74) is 6.78. The molecule has 0 atom stereocenters. The molecule has 2 rings (SSSR count). The summed E-state index contributed by atoms with van der Waals surface area (Å²) >= 11 is 1.63. The number of hydrogen-bond donors (Lipinski definition) is 2. The van der Waals surface area contributed by atoms with Crippen molar-refractivity contribution in [2.24, 2.45) is 16.6 Å². The molecule has 150 valence electrons. The van der Waals surface area contributed by atoms with E-state index in [0.29, 0.717) is 18.4 Å². The van der Waals surface area contributed by atoms with Crippen LogP contribution in [0.5, 0.6) is 5.75 Å². The van der Waals surface area contributed by atoms with Gasteiger partial charge in [0.15, 0.2) is 11.1 Å². The van der Waals surface area contributed by atoms with Crippen molar-refractivity contribution in [3.05, 3.63) is 30.1 Å². The van der Waals surface area contributed by atoms with Crippen LogP contribution in [0, 0.1) is 5.92 Å². The predicted molar refractivity (Wildman–Crippen MR) is 123 cm³/mol. The summed E-state index contributed by atoms with van der Waals surface area (Å²) in [4.78, 5) is 4.39. The first kappa shape index (κ1) is 23.5. The number of nitrogens with two attached hydrogens (primary N) is 1. The number of anilines is 1. The Bertz CT molecular complexity index is 734. The fourth-order valence-electron chi connectivity index (χ4n) is 2.57.